The quantitative estimate of drug-likeness (QED) is 0.609. The summed E-state index contributed by atoms with van der Waals surface area (Å²) in [6.45, 7) is 3.83. The standard InChI is InChI=1S/C19H24N4OS/c1-4-14-8-5-6-9-15(14)21-16-10-11-20-18-17(16)22-19(25-18)24-13-7-12-23(2)3/h5-6,8-11H,4,7,12-13H2,1-3H3,(H,20,21). The van der Waals surface area contributed by atoms with E-state index in [0.29, 0.717) is 11.8 Å². The van der Waals surface area contributed by atoms with Gasteiger partial charge in [0.1, 0.15) is 10.3 Å². The lowest BCUT2D eigenvalue weighted by Crippen LogP contribution is -2.15. The number of nitrogens with zero attached hydrogens (tertiary/aromatic N) is 3. The van der Waals surface area contributed by atoms with Gasteiger partial charge in [-0.05, 0) is 44.6 Å². The number of para-hydroxylation sites is 1. The molecule has 3 rings (SSSR count). The highest BCUT2D eigenvalue weighted by atomic mass is 32.1. The van der Waals surface area contributed by atoms with Crippen molar-refractivity contribution in [3.8, 4) is 5.19 Å². The monoisotopic (exact) mass is 356 g/mol. The number of pyridine rings is 1. The van der Waals surface area contributed by atoms with Crippen molar-refractivity contribution in [3.05, 3.63) is 42.1 Å². The zero-order valence-electron chi connectivity index (χ0n) is 15.0. The Kier molecular flexibility index (Phi) is 5.83. The molecule has 1 aromatic carbocycles. The Labute approximate surface area is 152 Å². The molecule has 2 aromatic heterocycles. The van der Waals surface area contributed by atoms with Gasteiger partial charge in [-0.1, -0.05) is 36.5 Å². The van der Waals surface area contributed by atoms with Crippen molar-refractivity contribution in [1.29, 1.82) is 0 Å². The van der Waals surface area contributed by atoms with E-state index in [2.05, 4.69) is 59.4 Å². The normalized spacial score (nSPS) is 11.2. The predicted molar refractivity (Wildman–Crippen MR) is 105 cm³/mol. The maximum atomic E-state index is 5.80. The first-order chi connectivity index (χ1) is 12.2. The second-order valence-corrected chi connectivity index (χ2v) is 7.07. The molecule has 0 aliphatic rings. The van der Waals surface area contributed by atoms with E-state index >= 15 is 0 Å². The largest absolute Gasteiger partial charge is 0.470 e. The van der Waals surface area contributed by atoms with Gasteiger partial charge in [0.25, 0.3) is 5.19 Å². The fraction of sp³-hybridized carbons (Fsp3) is 0.368. The minimum Gasteiger partial charge on any atom is -0.470 e. The number of hydrogen-bond acceptors (Lipinski definition) is 6. The molecule has 6 heteroatoms. The molecule has 132 valence electrons. The average Bonchev–Trinajstić information content (AvgIpc) is 3.03. The van der Waals surface area contributed by atoms with Crippen LogP contribution in [-0.4, -0.2) is 42.1 Å². The van der Waals surface area contributed by atoms with E-state index in [9.17, 15) is 0 Å². The molecule has 5 nitrogen and oxygen atoms in total. The first kappa shape index (κ1) is 17.6. The number of fused-ring (bicyclic) bond motifs is 1. The maximum absolute atomic E-state index is 5.80. The lowest BCUT2D eigenvalue weighted by Gasteiger charge is -2.10. The van der Waals surface area contributed by atoms with Gasteiger partial charge in [0.2, 0.25) is 0 Å². The highest BCUT2D eigenvalue weighted by molar-refractivity contribution is 7.19. The van der Waals surface area contributed by atoms with Crippen molar-refractivity contribution in [2.24, 2.45) is 0 Å². The zero-order chi connectivity index (χ0) is 17.6. The number of thiazole rings is 1. The third-order valence-corrected chi connectivity index (χ3v) is 4.80. The second kappa shape index (κ2) is 8.27. The minimum atomic E-state index is 0.666. The van der Waals surface area contributed by atoms with E-state index in [-0.39, 0.29) is 0 Å². The number of anilines is 2. The Morgan fingerprint density at radius 2 is 2.00 bits per heavy atom. The van der Waals surface area contributed by atoms with E-state index in [1.807, 2.05) is 18.3 Å². The third-order valence-electron chi connectivity index (χ3n) is 3.92. The molecule has 0 spiro atoms. The summed E-state index contributed by atoms with van der Waals surface area (Å²) in [7, 11) is 4.13. The van der Waals surface area contributed by atoms with Crippen molar-refractivity contribution in [2.75, 3.05) is 32.6 Å². The molecule has 0 unspecified atom stereocenters. The molecule has 0 aliphatic heterocycles. The average molecular weight is 356 g/mol. The third kappa shape index (κ3) is 4.46. The van der Waals surface area contributed by atoms with Crippen LogP contribution in [0.25, 0.3) is 10.3 Å². The highest BCUT2D eigenvalue weighted by Gasteiger charge is 2.11. The van der Waals surface area contributed by atoms with Crippen LogP contribution in [0.3, 0.4) is 0 Å². The van der Waals surface area contributed by atoms with Crippen LogP contribution in [0.2, 0.25) is 0 Å². The number of ether oxygens (including phenoxy) is 1. The smallest absolute Gasteiger partial charge is 0.275 e. The molecule has 25 heavy (non-hydrogen) atoms. The fourth-order valence-corrected chi connectivity index (χ4v) is 3.42. The Morgan fingerprint density at radius 1 is 1.16 bits per heavy atom. The van der Waals surface area contributed by atoms with Crippen LogP contribution < -0.4 is 10.1 Å². The van der Waals surface area contributed by atoms with Crippen molar-refractivity contribution >= 4 is 33.1 Å². The molecular weight excluding hydrogens is 332 g/mol. The summed E-state index contributed by atoms with van der Waals surface area (Å²) in [5.74, 6) is 0. The summed E-state index contributed by atoms with van der Waals surface area (Å²) in [5, 5.41) is 4.18. The summed E-state index contributed by atoms with van der Waals surface area (Å²) in [5.41, 5.74) is 4.22. The number of hydrogen-bond donors (Lipinski definition) is 1. The summed E-state index contributed by atoms with van der Waals surface area (Å²) in [6.07, 6.45) is 3.77. The van der Waals surface area contributed by atoms with Crippen LogP contribution in [-0.2, 0) is 6.42 Å². The molecule has 0 bridgehead atoms. The summed E-state index contributed by atoms with van der Waals surface area (Å²) >= 11 is 1.49. The molecule has 0 saturated carbocycles. The van der Waals surface area contributed by atoms with Gasteiger partial charge in [-0.3, -0.25) is 0 Å². The molecule has 0 radical (unpaired) electrons. The summed E-state index contributed by atoms with van der Waals surface area (Å²) < 4.78 is 5.80. The van der Waals surface area contributed by atoms with Crippen molar-refractivity contribution in [3.63, 3.8) is 0 Å². The summed E-state index contributed by atoms with van der Waals surface area (Å²) in [6, 6.07) is 10.3. The van der Waals surface area contributed by atoms with Gasteiger partial charge in [0, 0.05) is 18.4 Å². The van der Waals surface area contributed by atoms with Crippen LogP contribution in [0.4, 0.5) is 11.4 Å². The van der Waals surface area contributed by atoms with E-state index in [0.717, 1.165) is 41.1 Å². The van der Waals surface area contributed by atoms with E-state index < -0.39 is 0 Å². The van der Waals surface area contributed by atoms with Crippen LogP contribution in [0.5, 0.6) is 5.19 Å². The van der Waals surface area contributed by atoms with E-state index in [1.165, 1.54) is 16.9 Å². The molecule has 3 aromatic rings. The molecule has 0 amide bonds. The molecule has 2 heterocycles. The molecule has 1 N–H and O–H groups in total. The van der Waals surface area contributed by atoms with Crippen molar-refractivity contribution in [1.82, 2.24) is 14.9 Å². The lowest BCUT2D eigenvalue weighted by atomic mass is 10.1. The van der Waals surface area contributed by atoms with Gasteiger partial charge in [-0.25, -0.2) is 4.98 Å². The number of nitrogens with one attached hydrogen (secondary N) is 1. The number of aryl methyl sites for hydroxylation is 1. The van der Waals surface area contributed by atoms with Crippen LogP contribution in [0.15, 0.2) is 36.5 Å². The highest BCUT2D eigenvalue weighted by Crippen LogP contribution is 2.32. The molecular formula is C19H24N4OS. The van der Waals surface area contributed by atoms with E-state index in [1.54, 1.807) is 0 Å². The zero-order valence-corrected chi connectivity index (χ0v) is 15.8. The van der Waals surface area contributed by atoms with Crippen molar-refractivity contribution in [2.45, 2.75) is 19.8 Å². The lowest BCUT2D eigenvalue weighted by molar-refractivity contribution is 0.281. The van der Waals surface area contributed by atoms with Crippen LogP contribution >= 0.6 is 11.3 Å². The van der Waals surface area contributed by atoms with Crippen LogP contribution in [0.1, 0.15) is 18.9 Å². The number of benzene rings is 1. The second-order valence-electron chi connectivity index (χ2n) is 6.13. The Morgan fingerprint density at radius 3 is 2.80 bits per heavy atom. The number of rotatable bonds is 8. The molecule has 0 fully saturated rings. The fourth-order valence-electron chi connectivity index (χ4n) is 2.61. The Bertz CT molecular complexity index is 831. The van der Waals surface area contributed by atoms with Crippen molar-refractivity contribution < 1.29 is 4.74 Å². The van der Waals surface area contributed by atoms with Gasteiger partial charge in [-0.2, -0.15) is 4.98 Å². The predicted octanol–water partition coefficient (Wildman–Crippen LogP) is 4.33. The van der Waals surface area contributed by atoms with Gasteiger partial charge < -0.3 is 15.0 Å². The minimum absolute atomic E-state index is 0.666. The molecule has 0 aliphatic carbocycles. The van der Waals surface area contributed by atoms with Gasteiger partial charge in [-0.15, -0.1) is 0 Å². The first-order valence-corrected chi connectivity index (χ1v) is 9.37. The summed E-state index contributed by atoms with van der Waals surface area (Å²) in [4.78, 5) is 12.1. The first-order valence-electron chi connectivity index (χ1n) is 8.55. The van der Waals surface area contributed by atoms with E-state index in [4.69, 9.17) is 4.74 Å². The SMILES string of the molecule is CCc1ccccc1Nc1ccnc2sc(OCCCN(C)C)nc12. The van der Waals surface area contributed by atoms with Crippen LogP contribution in [0, 0.1) is 0 Å². The molecule has 0 saturated heterocycles. The topological polar surface area (TPSA) is 50.3 Å². The Balaban J connectivity index is 1.77. The molecule has 0 atom stereocenters. The van der Waals surface area contributed by atoms with Gasteiger partial charge in [0.05, 0.1) is 12.3 Å². The van der Waals surface area contributed by atoms with Gasteiger partial charge >= 0.3 is 0 Å². The maximum Gasteiger partial charge on any atom is 0.275 e. The van der Waals surface area contributed by atoms with Gasteiger partial charge in [0.15, 0.2) is 0 Å². The Hall–Kier alpha value is -2.18. The number of aromatic nitrogens is 2.